The van der Waals surface area contributed by atoms with Gasteiger partial charge in [-0.2, -0.15) is 0 Å². The van der Waals surface area contributed by atoms with Gasteiger partial charge in [-0.1, -0.05) is 20.8 Å². The topological polar surface area (TPSA) is 57.5 Å². The Bertz CT molecular complexity index is 76.9. The zero-order valence-electron chi connectivity index (χ0n) is 6.79. The lowest BCUT2D eigenvalue weighted by atomic mass is 10.2. The van der Waals surface area contributed by atoms with Crippen LogP contribution < -0.4 is 0 Å². The van der Waals surface area contributed by atoms with Crippen LogP contribution in [0.5, 0.6) is 0 Å². The molecule has 0 aliphatic rings. The van der Waals surface area contributed by atoms with Crippen molar-refractivity contribution in [2.45, 2.75) is 27.2 Å². The quantitative estimate of drug-likeness (QED) is 0.616. The lowest BCUT2D eigenvalue weighted by Gasteiger charge is -1.89. The molecule has 0 aromatic carbocycles. The highest BCUT2D eigenvalue weighted by Crippen LogP contribution is 1.87. The number of rotatable bonds is 2. The molecule has 0 fully saturated rings. The van der Waals surface area contributed by atoms with Crippen LogP contribution in [0.2, 0.25) is 0 Å². The van der Waals surface area contributed by atoms with Crippen molar-refractivity contribution in [2.24, 2.45) is 5.92 Å². The van der Waals surface area contributed by atoms with E-state index < -0.39 is 5.97 Å². The summed E-state index contributed by atoms with van der Waals surface area (Å²) in [6.45, 7) is 5.53. The first-order chi connectivity index (χ1) is 4.56. The summed E-state index contributed by atoms with van der Waals surface area (Å²) in [6.07, 6.45) is 0.875. The second kappa shape index (κ2) is 8.43. The molecule has 0 atom stereocenters. The molecule has 0 unspecified atom stereocenters. The van der Waals surface area contributed by atoms with Gasteiger partial charge in [0.25, 0.3) is 0 Å². The van der Waals surface area contributed by atoms with Crippen LogP contribution in [0.25, 0.3) is 0 Å². The third-order valence-corrected chi connectivity index (χ3v) is 0.718. The van der Waals surface area contributed by atoms with Crippen LogP contribution in [-0.2, 0) is 4.79 Å². The predicted molar refractivity (Wildman–Crippen MR) is 39.9 cm³/mol. The minimum absolute atomic E-state index is 0.231. The van der Waals surface area contributed by atoms with Crippen molar-refractivity contribution in [3.63, 3.8) is 0 Å². The van der Waals surface area contributed by atoms with Gasteiger partial charge in [-0.3, -0.25) is 4.79 Å². The summed E-state index contributed by atoms with van der Waals surface area (Å²) in [5, 5.41) is 15.9. The Balaban J connectivity index is 0. The van der Waals surface area contributed by atoms with Gasteiger partial charge in [0.15, 0.2) is 0 Å². The summed E-state index contributed by atoms with van der Waals surface area (Å²) in [5.74, 6) is -0.972. The maximum Gasteiger partial charge on any atom is 0.305 e. The fourth-order valence-corrected chi connectivity index (χ4v) is 0. The first-order valence-electron chi connectivity index (χ1n) is 3.39. The number of carboxylic acid groups (broad SMARTS) is 1. The highest BCUT2D eigenvalue weighted by Gasteiger charge is 1.99. The summed E-state index contributed by atoms with van der Waals surface area (Å²) in [7, 11) is 0. The Labute approximate surface area is 61.7 Å². The van der Waals surface area contributed by atoms with Crippen molar-refractivity contribution < 1.29 is 15.0 Å². The van der Waals surface area contributed by atoms with E-state index in [-0.39, 0.29) is 5.92 Å². The number of carboxylic acids is 1. The third-order valence-electron chi connectivity index (χ3n) is 0.718. The molecule has 0 saturated heterocycles. The van der Waals surface area contributed by atoms with Gasteiger partial charge in [-0.15, -0.1) is 0 Å². The Kier molecular flexibility index (Phi) is 10.2. The molecule has 62 valence electrons. The molecule has 3 heteroatoms. The summed E-state index contributed by atoms with van der Waals surface area (Å²) in [5.41, 5.74) is 0. The van der Waals surface area contributed by atoms with Crippen molar-refractivity contribution in [1.82, 2.24) is 0 Å². The summed E-state index contributed by atoms with van der Waals surface area (Å²) in [6, 6.07) is 0. The molecule has 3 nitrogen and oxygen atoms in total. The predicted octanol–water partition coefficient (Wildman–Crippen LogP) is 1.12. The monoisotopic (exact) mass is 148 g/mol. The lowest BCUT2D eigenvalue weighted by Crippen LogP contribution is -2.03. The van der Waals surface area contributed by atoms with E-state index in [1.807, 2.05) is 6.92 Å². The zero-order chi connectivity index (χ0) is 8.57. The minimum Gasteiger partial charge on any atom is -0.481 e. The van der Waals surface area contributed by atoms with Gasteiger partial charge in [-0.25, -0.2) is 0 Å². The highest BCUT2D eigenvalue weighted by atomic mass is 16.4. The molecule has 0 aromatic rings. The molecule has 0 aliphatic heterocycles. The maximum absolute atomic E-state index is 9.70. The van der Waals surface area contributed by atoms with E-state index >= 15 is 0 Å². The second-order valence-corrected chi connectivity index (χ2v) is 2.22. The Morgan fingerprint density at radius 1 is 1.50 bits per heavy atom. The van der Waals surface area contributed by atoms with Crippen LogP contribution in [0.15, 0.2) is 0 Å². The smallest absolute Gasteiger partial charge is 0.305 e. The van der Waals surface area contributed by atoms with Crippen LogP contribution >= 0.6 is 0 Å². The van der Waals surface area contributed by atoms with Crippen molar-refractivity contribution >= 4 is 5.97 Å². The molecule has 0 bridgehead atoms. The van der Waals surface area contributed by atoms with Crippen molar-refractivity contribution in [3.05, 3.63) is 0 Å². The Hall–Kier alpha value is -0.570. The van der Waals surface area contributed by atoms with E-state index in [1.54, 1.807) is 13.8 Å². The van der Waals surface area contributed by atoms with Gasteiger partial charge in [0.2, 0.25) is 0 Å². The van der Waals surface area contributed by atoms with Gasteiger partial charge in [0.05, 0.1) is 5.92 Å². The average Bonchev–Trinajstić information content (AvgIpc) is 1.89. The van der Waals surface area contributed by atoms with Crippen LogP contribution in [0, 0.1) is 5.92 Å². The van der Waals surface area contributed by atoms with Crippen molar-refractivity contribution in [3.8, 4) is 0 Å². The van der Waals surface area contributed by atoms with Crippen LogP contribution in [-0.4, -0.2) is 22.8 Å². The highest BCUT2D eigenvalue weighted by molar-refractivity contribution is 5.68. The normalized spacial score (nSPS) is 8.50. The van der Waals surface area contributed by atoms with E-state index in [9.17, 15) is 4.79 Å². The lowest BCUT2D eigenvalue weighted by molar-refractivity contribution is -0.140. The van der Waals surface area contributed by atoms with Gasteiger partial charge < -0.3 is 10.2 Å². The molecule has 0 heterocycles. The van der Waals surface area contributed by atoms with Gasteiger partial charge >= 0.3 is 5.97 Å². The Morgan fingerprint density at radius 2 is 1.70 bits per heavy atom. The summed E-state index contributed by atoms with van der Waals surface area (Å²) in [4.78, 5) is 9.70. The van der Waals surface area contributed by atoms with Crippen molar-refractivity contribution in [2.75, 3.05) is 6.61 Å². The van der Waals surface area contributed by atoms with E-state index in [0.29, 0.717) is 6.61 Å². The van der Waals surface area contributed by atoms with Crippen LogP contribution in [0.3, 0.4) is 0 Å². The molecule has 0 aliphatic carbocycles. The third kappa shape index (κ3) is 15.7. The summed E-state index contributed by atoms with van der Waals surface area (Å²) < 4.78 is 0. The molecule has 0 amide bonds. The zero-order valence-corrected chi connectivity index (χ0v) is 6.79. The SMILES string of the molecule is CC(C)C(=O)O.CCCO. The largest absolute Gasteiger partial charge is 0.481 e. The number of aliphatic hydroxyl groups is 1. The second-order valence-electron chi connectivity index (χ2n) is 2.22. The first-order valence-corrected chi connectivity index (χ1v) is 3.39. The fraction of sp³-hybridized carbons (Fsp3) is 0.857. The molecular formula is C7H16O3. The van der Waals surface area contributed by atoms with Gasteiger partial charge in [0.1, 0.15) is 0 Å². The molecule has 0 radical (unpaired) electrons. The molecule has 0 saturated carbocycles. The summed E-state index contributed by atoms with van der Waals surface area (Å²) >= 11 is 0. The van der Waals surface area contributed by atoms with E-state index in [1.165, 1.54) is 0 Å². The van der Waals surface area contributed by atoms with E-state index in [4.69, 9.17) is 10.2 Å². The van der Waals surface area contributed by atoms with E-state index in [0.717, 1.165) is 6.42 Å². The number of carbonyl (C=O) groups is 1. The Morgan fingerprint density at radius 3 is 1.70 bits per heavy atom. The fourth-order valence-electron chi connectivity index (χ4n) is 0. The molecule has 0 spiro atoms. The first kappa shape index (κ1) is 12.1. The maximum atomic E-state index is 9.70. The van der Waals surface area contributed by atoms with Crippen LogP contribution in [0.1, 0.15) is 27.2 Å². The van der Waals surface area contributed by atoms with E-state index in [2.05, 4.69) is 0 Å². The molecule has 2 N–H and O–H groups in total. The standard InChI is InChI=1S/C4H8O2.C3H8O/c1-3(2)4(5)6;1-2-3-4/h3H,1-2H3,(H,5,6);4H,2-3H2,1H3. The number of hydrogen-bond donors (Lipinski definition) is 2. The molecule has 0 aromatic heterocycles. The number of aliphatic hydroxyl groups excluding tert-OH is 1. The number of hydrogen-bond acceptors (Lipinski definition) is 2. The van der Waals surface area contributed by atoms with Gasteiger partial charge in [-0.05, 0) is 6.42 Å². The molecular weight excluding hydrogens is 132 g/mol. The van der Waals surface area contributed by atoms with Gasteiger partial charge in [0, 0.05) is 6.61 Å². The molecule has 0 rings (SSSR count). The van der Waals surface area contributed by atoms with Crippen LogP contribution in [0.4, 0.5) is 0 Å². The molecule has 10 heavy (non-hydrogen) atoms. The number of aliphatic carboxylic acids is 1. The average molecular weight is 148 g/mol. The minimum atomic E-state index is -0.741. The van der Waals surface area contributed by atoms with Crippen molar-refractivity contribution in [1.29, 1.82) is 0 Å².